The summed E-state index contributed by atoms with van der Waals surface area (Å²) < 4.78 is 81.7. The number of nitrogens with one attached hydrogen (secondary N) is 1. The Balaban J connectivity index is 1.74. The van der Waals surface area contributed by atoms with Gasteiger partial charge in [0.1, 0.15) is 0 Å². The molecular formula is C23H27N3O2S. The van der Waals surface area contributed by atoms with E-state index in [0.29, 0.717) is 5.69 Å². The van der Waals surface area contributed by atoms with Crippen molar-refractivity contribution >= 4 is 28.1 Å². The average molecular weight is 420 g/mol. The lowest BCUT2D eigenvalue weighted by Crippen LogP contribution is -2.14. The predicted octanol–water partition coefficient (Wildman–Crippen LogP) is 4.66. The highest BCUT2D eigenvalue weighted by Gasteiger charge is 2.08. The van der Waals surface area contributed by atoms with Gasteiger partial charge >= 0.3 is 0 Å². The maximum absolute atomic E-state index is 12.3. The number of hydrogen-bond acceptors (Lipinski definition) is 5. The second kappa shape index (κ2) is 10.2. The summed E-state index contributed by atoms with van der Waals surface area (Å²) in [7, 11) is 0. The summed E-state index contributed by atoms with van der Waals surface area (Å²) in [6.45, 7) is 1.38. The molecule has 0 aliphatic rings. The van der Waals surface area contributed by atoms with Crippen molar-refractivity contribution in [2.75, 3.05) is 11.1 Å². The molecule has 0 radical (unpaired) electrons. The zero-order valence-corrected chi connectivity index (χ0v) is 16.5. The molecule has 152 valence electrons. The van der Waals surface area contributed by atoms with Gasteiger partial charge in [-0.2, -0.15) is 0 Å². The van der Waals surface area contributed by atoms with Crippen molar-refractivity contribution in [2.24, 2.45) is 0 Å². The Morgan fingerprint density at radius 3 is 2.72 bits per heavy atom. The number of nitrogens with zero attached hydrogens (tertiary/aromatic N) is 1. The number of amides is 1. The van der Waals surface area contributed by atoms with Crippen molar-refractivity contribution < 1.29 is 23.6 Å². The highest BCUT2D eigenvalue weighted by molar-refractivity contribution is 7.13. The molecule has 6 heteroatoms. The molecule has 2 aromatic carbocycles. The number of nitrogens with two attached hydrogens (primary N) is 1. The lowest BCUT2D eigenvalue weighted by Gasteiger charge is -2.11. The zero-order valence-electron chi connectivity index (χ0n) is 25.7. The van der Waals surface area contributed by atoms with Crippen LogP contribution in [0.15, 0.2) is 53.8 Å². The first-order chi connectivity index (χ1) is 17.9. The molecule has 1 atom stereocenters. The molecule has 0 bridgehead atoms. The average Bonchev–Trinajstić information content (AvgIpc) is 3.16. The number of hydrogen-bond donors (Lipinski definition) is 3. The quantitative estimate of drug-likeness (QED) is 0.471. The van der Waals surface area contributed by atoms with E-state index in [1.54, 1.807) is 0 Å². The molecule has 0 spiro atoms. The molecule has 4 N–H and O–H groups in total. The van der Waals surface area contributed by atoms with Crippen molar-refractivity contribution in [1.82, 2.24) is 4.98 Å². The van der Waals surface area contributed by atoms with Crippen LogP contribution in [0.1, 0.15) is 61.4 Å². The summed E-state index contributed by atoms with van der Waals surface area (Å²) in [5.74, 6) is -0.472. The summed E-state index contributed by atoms with van der Waals surface area (Å²) in [5, 5.41) is 13.6. The third-order valence-electron chi connectivity index (χ3n) is 3.77. The molecule has 0 aliphatic heterocycles. The second-order valence-electron chi connectivity index (χ2n) is 6.15. The van der Waals surface area contributed by atoms with Crippen LogP contribution in [0.4, 0.5) is 10.8 Å². The highest BCUT2D eigenvalue weighted by Crippen LogP contribution is 2.21. The van der Waals surface area contributed by atoms with Gasteiger partial charge in [0.25, 0.3) is 0 Å². The number of aliphatic hydroxyl groups is 1. The van der Waals surface area contributed by atoms with Crippen molar-refractivity contribution in [2.45, 2.75) is 45.0 Å². The highest BCUT2D eigenvalue weighted by atomic mass is 32.1. The number of nitrogen functional groups attached to an aromatic ring is 1. The molecule has 3 aromatic rings. The van der Waals surface area contributed by atoms with Crippen LogP contribution < -0.4 is 11.1 Å². The molecule has 0 fully saturated rings. The molecular weight excluding hydrogens is 382 g/mol. The minimum atomic E-state index is -2.70. The normalized spacial score (nSPS) is 19.0. The molecule has 0 saturated heterocycles. The van der Waals surface area contributed by atoms with Crippen molar-refractivity contribution in [3.05, 3.63) is 76.2 Å². The van der Waals surface area contributed by atoms with Gasteiger partial charge in [0.15, 0.2) is 5.13 Å². The molecule has 0 saturated carbocycles. The minimum Gasteiger partial charge on any atom is -0.388 e. The third kappa shape index (κ3) is 6.69. The number of anilines is 2. The largest absolute Gasteiger partial charge is 0.388 e. The molecule has 5 nitrogen and oxygen atoms in total. The lowest BCUT2D eigenvalue weighted by atomic mass is 10.0. The summed E-state index contributed by atoms with van der Waals surface area (Å²) >= 11 is 0.945. The first kappa shape index (κ1) is 11.5. The van der Waals surface area contributed by atoms with E-state index in [4.69, 9.17) is 19.4 Å². The Hall–Kier alpha value is -2.70. The maximum atomic E-state index is 12.3. The van der Waals surface area contributed by atoms with Crippen LogP contribution in [0.25, 0.3) is 0 Å². The molecule has 0 unspecified atom stereocenters. The number of aromatic nitrogens is 1. The van der Waals surface area contributed by atoms with Crippen LogP contribution in [-0.4, -0.2) is 16.0 Å². The van der Waals surface area contributed by atoms with E-state index in [9.17, 15) is 9.90 Å². The summed E-state index contributed by atoms with van der Waals surface area (Å²) in [6.07, 6.45) is -9.49. The van der Waals surface area contributed by atoms with Gasteiger partial charge in [0.2, 0.25) is 5.91 Å². The van der Waals surface area contributed by atoms with Crippen molar-refractivity contribution in [3.63, 3.8) is 0 Å². The van der Waals surface area contributed by atoms with Crippen LogP contribution in [0.2, 0.25) is 0 Å². The summed E-state index contributed by atoms with van der Waals surface area (Å²) in [6, 6.07) is 3.30. The topological polar surface area (TPSA) is 88.2 Å². The van der Waals surface area contributed by atoms with Gasteiger partial charge < -0.3 is 16.2 Å². The third-order valence-corrected chi connectivity index (χ3v) is 4.41. The number of carbonyl (C=O) groups excluding carboxylic acids is 1. The second-order valence-corrected chi connectivity index (χ2v) is 6.98. The Labute approximate surface area is 189 Å². The number of carbonyl (C=O) groups is 1. The minimum absolute atomic E-state index is 0.0461. The molecule has 3 rings (SSSR count). The number of benzene rings is 2. The lowest BCUT2D eigenvalue weighted by molar-refractivity contribution is -0.115. The van der Waals surface area contributed by atoms with E-state index in [0.717, 1.165) is 11.3 Å². The fraction of sp³-hybridized carbons (Fsp3) is 0.304. The van der Waals surface area contributed by atoms with Gasteiger partial charge in [0, 0.05) is 16.5 Å². The molecule has 1 heterocycles. The number of thiazole rings is 1. The fourth-order valence-corrected chi connectivity index (χ4v) is 2.85. The summed E-state index contributed by atoms with van der Waals surface area (Å²) in [5.41, 5.74) is 5.45. The molecule has 0 aliphatic carbocycles. The van der Waals surface area contributed by atoms with Gasteiger partial charge in [-0.25, -0.2) is 4.98 Å². The van der Waals surface area contributed by atoms with E-state index in [1.807, 2.05) is 0 Å². The van der Waals surface area contributed by atoms with E-state index in [2.05, 4.69) is 10.3 Å². The first-order valence-electron chi connectivity index (χ1n) is 13.8. The number of aryl methyl sites for hydroxylation is 1. The molecule has 29 heavy (non-hydrogen) atoms. The molecule has 1 aromatic heterocycles. The Bertz CT molecular complexity index is 1360. The fourth-order valence-electron chi connectivity index (χ4n) is 2.35. The standard InChI is InChI=1S/C23H27N3O2S/c1-16-6-10-18(11-7-16)21(27)5-3-2-4-17-8-12-19(13-9-17)25-22(28)14-20-15-29-23(24)26-20/h6-13,15,21,27H,2-5,14H2,1H3,(H2,24,26)(H,25,28)/t21-/m0/s1/i2D2,4D2,6D,7D,10D,11D,15D,21D. The predicted molar refractivity (Wildman–Crippen MR) is 119 cm³/mol. The first-order valence-corrected chi connectivity index (χ1v) is 9.62. The maximum Gasteiger partial charge on any atom is 0.230 e. The van der Waals surface area contributed by atoms with Crippen LogP contribution in [0.5, 0.6) is 0 Å². The molecule has 1 amide bonds. The van der Waals surface area contributed by atoms with Gasteiger partial charge in [-0.3, -0.25) is 4.79 Å². The van der Waals surface area contributed by atoms with Crippen LogP contribution in [-0.2, 0) is 17.6 Å². The summed E-state index contributed by atoms with van der Waals surface area (Å²) in [4.78, 5) is 16.2. The van der Waals surface area contributed by atoms with E-state index in [1.165, 1.54) is 31.2 Å². The van der Waals surface area contributed by atoms with Crippen molar-refractivity contribution in [1.29, 1.82) is 0 Å². The van der Waals surface area contributed by atoms with Gasteiger partial charge in [-0.1, -0.05) is 48.3 Å². The van der Waals surface area contributed by atoms with E-state index < -0.39 is 67.3 Å². The van der Waals surface area contributed by atoms with Gasteiger partial charge in [0.05, 0.1) is 26.4 Å². The monoisotopic (exact) mass is 419 g/mol. The van der Waals surface area contributed by atoms with Gasteiger partial charge in [-0.15, -0.1) is 11.3 Å². The van der Waals surface area contributed by atoms with Crippen LogP contribution in [0.3, 0.4) is 0 Å². The Morgan fingerprint density at radius 2 is 2.07 bits per heavy atom. The van der Waals surface area contributed by atoms with Crippen LogP contribution in [0, 0.1) is 6.92 Å². The van der Waals surface area contributed by atoms with Gasteiger partial charge in [-0.05, 0) is 49.4 Å². The van der Waals surface area contributed by atoms with Crippen LogP contribution >= 0.6 is 11.3 Å². The zero-order chi connectivity index (χ0) is 29.5. The Morgan fingerprint density at radius 1 is 1.34 bits per heavy atom. The van der Waals surface area contributed by atoms with E-state index in [-0.39, 0.29) is 33.7 Å². The van der Waals surface area contributed by atoms with E-state index >= 15 is 0 Å². The number of rotatable bonds is 9. The SMILES string of the molecule is [2H]c1sc(N)nc1CC(=O)Nc1ccc(C([2H])([2H])C([2H])([2H])CC[C@]([2H])(O)c2c([2H])c([2H])c(C)c([2H])c2[2H])cc1. The smallest absolute Gasteiger partial charge is 0.230 e. The van der Waals surface area contributed by atoms with Crippen molar-refractivity contribution in [3.8, 4) is 0 Å². The Kier molecular flexibility index (Phi) is 4.03.